The van der Waals surface area contributed by atoms with Gasteiger partial charge in [-0.2, -0.15) is 4.98 Å². The number of nitrogens with one attached hydrogen (secondary N) is 1. The topological polar surface area (TPSA) is 67.1 Å². The van der Waals surface area contributed by atoms with Crippen LogP contribution in [-0.2, 0) is 0 Å². The van der Waals surface area contributed by atoms with Gasteiger partial charge in [-0.1, -0.05) is 0 Å². The van der Waals surface area contributed by atoms with Crippen molar-refractivity contribution in [3.8, 4) is 0 Å². The molecule has 0 radical (unpaired) electrons. The van der Waals surface area contributed by atoms with Crippen LogP contribution in [-0.4, -0.2) is 41.0 Å². The van der Waals surface area contributed by atoms with Crippen molar-refractivity contribution in [2.24, 2.45) is 0 Å². The van der Waals surface area contributed by atoms with E-state index < -0.39 is 5.82 Å². The molecule has 0 bridgehead atoms. The summed E-state index contributed by atoms with van der Waals surface area (Å²) in [6.07, 6.45) is 3.62. The first kappa shape index (κ1) is 11.1. The minimum atomic E-state index is -0.469. The van der Waals surface area contributed by atoms with Gasteiger partial charge in [0.15, 0.2) is 11.6 Å². The lowest BCUT2D eigenvalue weighted by atomic mass is 10.4. The molecule has 16 heavy (non-hydrogen) atoms. The normalized spacial score (nSPS) is 15.4. The minimum absolute atomic E-state index is 0.0828. The molecule has 0 unspecified atom stereocenters. The van der Waals surface area contributed by atoms with Gasteiger partial charge in [0.1, 0.15) is 0 Å². The number of hydrogen-bond donors (Lipinski definition) is 2. The zero-order valence-corrected chi connectivity index (χ0v) is 9.28. The SMILES string of the molecule is CN(CCNc1nc(N)ncc1F)C1CC1. The van der Waals surface area contributed by atoms with Gasteiger partial charge in [-0.25, -0.2) is 9.37 Å². The van der Waals surface area contributed by atoms with E-state index in [4.69, 9.17) is 5.73 Å². The summed E-state index contributed by atoms with van der Waals surface area (Å²) < 4.78 is 13.2. The molecule has 1 aromatic heterocycles. The highest BCUT2D eigenvalue weighted by molar-refractivity contribution is 5.38. The summed E-state index contributed by atoms with van der Waals surface area (Å²) >= 11 is 0. The molecule has 2 rings (SSSR count). The highest BCUT2D eigenvalue weighted by atomic mass is 19.1. The van der Waals surface area contributed by atoms with Gasteiger partial charge in [0.2, 0.25) is 5.95 Å². The van der Waals surface area contributed by atoms with E-state index in [0.717, 1.165) is 12.7 Å². The zero-order chi connectivity index (χ0) is 11.5. The second-order valence-corrected chi connectivity index (χ2v) is 4.06. The van der Waals surface area contributed by atoms with Crippen molar-refractivity contribution in [3.63, 3.8) is 0 Å². The molecule has 1 aromatic rings. The molecule has 0 amide bonds. The Balaban J connectivity index is 1.81. The van der Waals surface area contributed by atoms with Crippen LogP contribution in [0.25, 0.3) is 0 Å². The minimum Gasteiger partial charge on any atom is -0.368 e. The first-order chi connectivity index (χ1) is 7.66. The Labute approximate surface area is 93.9 Å². The average molecular weight is 225 g/mol. The highest BCUT2D eigenvalue weighted by Crippen LogP contribution is 2.24. The van der Waals surface area contributed by atoms with Gasteiger partial charge in [-0.15, -0.1) is 0 Å². The van der Waals surface area contributed by atoms with Crippen molar-refractivity contribution in [2.75, 3.05) is 31.2 Å². The molecule has 0 atom stereocenters. The number of nitrogen functional groups attached to an aromatic ring is 1. The molecule has 0 saturated heterocycles. The van der Waals surface area contributed by atoms with E-state index in [1.807, 2.05) is 0 Å². The number of rotatable bonds is 5. The second kappa shape index (κ2) is 4.61. The molecule has 88 valence electrons. The largest absolute Gasteiger partial charge is 0.368 e. The number of hydrogen-bond acceptors (Lipinski definition) is 5. The summed E-state index contributed by atoms with van der Waals surface area (Å²) in [5, 5.41) is 2.92. The number of nitrogens with two attached hydrogens (primary N) is 1. The highest BCUT2D eigenvalue weighted by Gasteiger charge is 2.25. The number of anilines is 2. The first-order valence-corrected chi connectivity index (χ1v) is 5.39. The molecule has 1 aliphatic rings. The van der Waals surface area contributed by atoms with Gasteiger partial charge in [0.05, 0.1) is 6.20 Å². The van der Waals surface area contributed by atoms with Gasteiger partial charge in [0.25, 0.3) is 0 Å². The fraction of sp³-hybridized carbons (Fsp3) is 0.600. The number of halogens is 1. The third kappa shape index (κ3) is 2.79. The third-order valence-corrected chi connectivity index (χ3v) is 2.69. The third-order valence-electron chi connectivity index (χ3n) is 2.69. The lowest BCUT2D eigenvalue weighted by Gasteiger charge is -2.16. The van der Waals surface area contributed by atoms with E-state index in [0.29, 0.717) is 12.6 Å². The summed E-state index contributed by atoms with van der Waals surface area (Å²) in [6, 6.07) is 0.710. The standard InChI is InChI=1S/C10H16FN5/c1-16(7-2-3-7)5-4-13-9-8(11)6-14-10(12)15-9/h6-7H,2-5H2,1H3,(H3,12,13,14,15). The molecule has 0 spiro atoms. The quantitative estimate of drug-likeness (QED) is 0.772. The number of likely N-dealkylation sites (N-methyl/N-ethyl adjacent to an activating group) is 1. The van der Waals surface area contributed by atoms with Crippen LogP contribution in [0.3, 0.4) is 0 Å². The molecule has 0 aromatic carbocycles. The molecular formula is C10H16FN5. The van der Waals surface area contributed by atoms with Crippen LogP contribution in [0.5, 0.6) is 0 Å². The number of aromatic nitrogens is 2. The Hall–Kier alpha value is -1.43. The van der Waals surface area contributed by atoms with Crippen molar-refractivity contribution < 1.29 is 4.39 Å². The molecule has 1 heterocycles. The van der Waals surface area contributed by atoms with Gasteiger partial charge in [0, 0.05) is 19.1 Å². The van der Waals surface area contributed by atoms with Crippen LogP contribution >= 0.6 is 0 Å². The monoisotopic (exact) mass is 225 g/mol. The van der Waals surface area contributed by atoms with Gasteiger partial charge >= 0.3 is 0 Å². The molecule has 0 aliphatic heterocycles. The smallest absolute Gasteiger partial charge is 0.222 e. The van der Waals surface area contributed by atoms with Crippen LogP contribution in [0.2, 0.25) is 0 Å². The Morgan fingerprint density at radius 3 is 3.06 bits per heavy atom. The molecule has 5 nitrogen and oxygen atoms in total. The zero-order valence-electron chi connectivity index (χ0n) is 9.28. The number of nitrogens with zero attached hydrogens (tertiary/aromatic N) is 3. The molecule has 6 heteroatoms. The van der Waals surface area contributed by atoms with Crippen molar-refractivity contribution in [3.05, 3.63) is 12.0 Å². The molecule has 3 N–H and O–H groups in total. The summed E-state index contributed by atoms with van der Waals surface area (Å²) in [5.41, 5.74) is 5.38. The average Bonchev–Trinajstić information content (AvgIpc) is 3.06. The summed E-state index contributed by atoms with van der Waals surface area (Å²) in [5.74, 6) is -0.209. The van der Waals surface area contributed by atoms with Crippen molar-refractivity contribution >= 4 is 11.8 Å². The lowest BCUT2D eigenvalue weighted by molar-refractivity contribution is 0.337. The van der Waals surface area contributed by atoms with Gasteiger partial charge in [-0.3, -0.25) is 0 Å². The first-order valence-electron chi connectivity index (χ1n) is 5.39. The Morgan fingerprint density at radius 2 is 2.38 bits per heavy atom. The molecule has 1 aliphatic carbocycles. The Kier molecular flexibility index (Phi) is 3.19. The van der Waals surface area contributed by atoms with Crippen molar-refractivity contribution in [1.29, 1.82) is 0 Å². The maximum atomic E-state index is 13.2. The van der Waals surface area contributed by atoms with Crippen LogP contribution in [0, 0.1) is 5.82 Å². The fourth-order valence-electron chi connectivity index (χ4n) is 1.55. The predicted octanol–water partition coefficient (Wildman–Crippen LogP) is 0.704. The Morgan fingerprint density at radius 1 is 1.62 bits per heavy atom. The van der Waals surface area contributed by atoms with E-state index >= 15 is 0 Å². The van der Waals surface area contributed by atoms with Crippen molar-refractivity contribution in [2.45, 2.75) is 18.9 Å². The van der Waals surface area contributed by atoms with E-state index in [9.17, 15) is 4.39 Å². The summed E-state index contributed by atoms with van der Waals surface area (Å²) in [6.45, 7) is 1.52. The van der Waals surface area contributed by atoms with Crippen LogP contribution in [0.15, 0.2) is 6.20 Å². The Bertz CT molecular complexity index is 366. The van der Waals surface area contributed by atoms with E-state index in [2.05, 4.69) is 27.2 Å². The summed E-state index contributed by atoms with van der Waals surface area (Å²) in [4.78, 5) is 9.61. The molecular weight excluding hydrogens is 209 g/mol. The van der Waals surface area contributed by atoms with Crippen LogP contribution < -0.4 is 11.1 Å². The van der Waals surface area contributed by atoms with Gasteiger partial charge < -0.3 is 16.0 Å². The maximum Gasteiger partial charge on any atom is 0.222 e. The molecule has 1 saturated carbocycles. The second-order valence-electron chi connectivity index (χ2n) is 4.06. The molecule has 1 fully saturated rings. The van der Waals surface area contributed by atoms with Crippen molar-refractivity contribution in [1.82, 2.24) is 14.9 Å². The fourth-order valence-corrected chi connectivity index (χ4v) is 1.55. The van der Waals surface area contributed by atoms with Crippen LogP contribution in [0.1, 0.15) is 12.8 Å². The summed E-state index contributed by atoms with van der Waals surface area (Å²) in [7, 11) is 2.07. The van der Waals surface area contributed by atoms with E-state index in [1.165, 1.54) is 12.8 Å². The maximum absolute atomic E-state index is 13.2. The van der Waals surface area contributed by atoms with E-state index in [-0.39, 0.29) is 11.8 Å². The lowest BCUT2D eigenvalue weighted by Crippen LogP contribution is -2.27. The predicted molar refractivity (Wildman–Crippen MR) is 60.5 cm³/mol. The van der Waals surface area contributed by atoms with E-state index in [1.54, 1.807) is 0 Å². The van der Waals surface area contributed by atoms with Crippen LogP contribution in [0.4, 0.5) is 16.2 Å². The van der Waals surface area contributed by atoms with Gasteiger partial charge in [-0.05, 0) is 19.9 Å².